The molecule has 0 radical (unpaired) electrons. The average Bonchev–Trinajstić information content (AvgIpc) is 3.19. The number of carboxylic acid groups (broad SMARTS) is 2. The number of methoxy groups -OCH3 is 2. The van der Waals surface area contributed by atoms with Crippen LogP contribution in [0.25, 0.3) is 0 Å². The average molecular weight is 827 g/mol. The maximum Gasteiger partial charge on any atom is 2.00 e. The van der Waals surface area contributed by atoms with E-state index in [2.05, 4.69) is 20.4 Å². The SMILES string of the molecule is CO[C@@H](Cc1ccc(NCCCN2CC(C)Oc3cc(F)ccc32)cc1)C(=O)[O-].CO[C@@H](Cc1ccc(NCCCN2CC(C)Oc3cc(F)ccc32)cc1)C(=O)[O-].[Mg+2]. The number of benzene rings is 4. The smallest absolute Gasteiger partial charge is 0.547 e. The van der Waals surface area contributed by atoms with Crippen molar-refractivity contribution in [2.45, 2.75) is 63.9 Å². The number of hydrogen-bond acceptors (Lipinski definition) is 12. The van der Waals surface area contributed by atoms with Crippen molar-refractivity contribution in [3.8, 4) is 11.5 Å². The number of ether oxygens (including phenoxy) is 4. The third-order valence-corrected chi connectivity index (χ3v) is 9.85. The number of nitrogens with one attached hydrogen (secondary N) is 2. The first-order chi connectivity index (χ1) is 27.9. The predicted molar refractivity (Wildman–Crippen MR) is 221 cm³/mol. The molecule has 2 aliphatic rings. The molecule has 0 aliphatic carbocycles. The molecule has 0 fully saturated rings. The molecule has 4 aromatic rings. The Kier molecular flexibility index (Phi) is 18.3. The molecule has 4 atom stereocenters. The van der Waals surface area contributed by atoms with Gasteiger partial charge in [0, 0.05) is 76.7 Å². The molecule has 59 heavy (non-hydrogen) atoms. The van der Waals surface area contributed by atoms with Gasteiger partial charge in [-0.2, -0.15) is 0 Å². The second kappa shape index (κ2) is 23.1. The van der Waals surface area contributed by atoms with E-state index in [4.69, 9.17) is 18.9 Å². The Morgan fingerprint density at radius 3 is 1.39 bits per heavy atom. The Labute approximate surface area is 360 Å². The van der Waals surface area contributed by atoms with Crippen LogP contribution in [0.2, 0.25) is 0 Å². The van der Waals surface area contributed by atoms with E-state index in [1.165, 1.54) is 38.5 Å². The molecule has 312 valence electrons. The van der Waals surface area contributed by atoms with E-state index in [-0.39, 0.29) is 59.7 Å². The van der Waals surface area contributed by atoms with Gasteiger partial charge in [0.2, 0.25) is 0 Å². The minimum Gasteiger partial charge on any atom is -0.547 e. The van der Waals surface area contributed by atoms with E-state index < -0.39 is 24.1 Å². The summed E-state index contributed by atoms with van der Waals surface area (Å²) in [6.07, 6.45) is 0.497. The van der Waals surface area contributed by atoms with Crippen molar-refractivity contribution in [1.29, 1.82) is 0 Å². The monoisotopic (exact) mass is 826 g/mol. The van der Waals surface area contributed by atoms with E-state index in [0.29, 0.717) is 11.5 Å². The summed E-state index contributed by atoms with van der Waals surface area (Å²) in [6.45, 7) is 8.73. The second-order valence-electron chi connectivity index (χ2n) is 14.4. The third-order valence-electron chi connectivity index (χ3n) is 9.85. The van der Waals surface area contributed by atoms with Crippen molar-refractivity contribution in [3.63, 3.8) is 0 Å². The molecular weight excluding hydrogens is 775 g/mol. The number of carbonyl (C=O) groups excluding carboxylic acids is 2. The second-order valence-corrected chi connectivity index (χ2v) is 14.4. The summed E-state index contributed by atoms with van der Waals surface area (Å²) in [6, 6.07) is 24.5. The molecule has 12 nitrogen and oxygen atoms in total. The van der Waals surface area contributed by atoms with E-state index in [9.17, 15) is 28.6 Å². The standard InChI is InChI=1S/2C22H27FN2O4.Mg/c2*1-15-14-25(19-9-6-17(23)13-20(19)29-15)11-3-10-24-18-7-4-16(5-8-18)12-21(28-2)22(26)27;/h2*4-9,13,15,21,24H,3,10-12,14H2,1-2H3,(H,26,27);/q;;+2/p-2/t2*15?,21-;/m00./s1. The van der Waals surface area contributed by atoms with Crippen molar-refractivity contribution in [1.82, 2.24) is 0 Å². The van der Waals surface area contributed by atoms with Crippen LogP contribution in [0.3, 0.4) is 0 Å². The van der Waals surface area contributed by atoms with Crippen LogP contribution in [0.5, 0.6) is 11.5 Å². The Balaban J connectivity index is 0.000000256. The van der Waals surface area contributed by atoms with Gasteiger partial charge in [0.25, 0.3) is 0 Å². The van der Waals surface area contributed by atoms with Gasteiger partial charge in [-0.15, -0.1) is 0 Å². The molecule has 0 bridgehead atoms. The van der Waals surface area contributed by atoms with Gasteiger partial charge in [-0.05, 0) is 86.3 Å². The van der Waals surface area contributed by atoms with Gasteiger partial charge >= 0.3 is 23.1 Å². The molecule has 0 saturated heterocycles. The molecule has 2 aliphatic heterocycles. The number of fused-ring (bicyclic) bond motifs is 2. The van der Waals surface area contributed by atoms with E-state index in [1.807, 2.05) is 62.4 Å². The van der Waals surface area contributed by atoms with Gasteiger partial charge in [0.05, 0.1) is 36.4 Å². The number of nitrogens with zero attached hydrogens (tertiary/aromatic N) is 2. The summed E-state index contributed by atoms with van der Waals surface area (Å²) in [5.74, 6) is -1.82. The number of hydrogen-bond donors (Lipinski definition) is 2. The summed E-state index contributed by atoms with van der Waals surface area (Å²) in [5.41, 5.74) is 5.53. The topological polar surface area (TPSA) is 148 Å². The fourth-order valence-electron chi connectivity index (χ4n) is 6.91. The number of anilines is 4. The molecule has 2 unspecified atom stereocenters. The Hall–Kier alpha value is -4.83. The molecule has 0 saturated carbocycles. The van der Waals surface area contributed by atoms with Gasteiger partial charge in [-0.25, -0.2) is 8.78 Å². The summed E-state index contributed by atoms with van der Waals surface area (Å²) < 4.78 is 48.2. The zero-order valence-electron chi connectivity index (χ0n) is 34.1. The van der Waals surface area contributed by atoms with E-state index in [0.717, 1.165) is 86.0 Å². The van der Waals surface area contributed by atoms with Crippen molar-refractivity contribution in [2.75, 3.05) is 73.9 Å². The predicted octanol–water partition coefficient (Wildman–Crippen LogP) is 4.06. The maximum absolute atomic E-state index is 13.5. The molecule has 2 N–H and O–H groups in total. The third kappa shape index (κ3) is 14.2. The molecule has 0 amide bonds. The summed E-state index contributed by atoms with van der Waals surface area (Å²) in [4.78, 5) is 26.3. The largest absolute Gasteiger partial charge is 2.00 e. The first-order valence-electron chi connectivity index (χ1n) is 19.5. The van der Waals surface area contributed by atoms with Gasteiger partial charge in [-0.1, -0.05) is 24.3 Å². The van der Waals surface area contributed by atoms with E-state index >= 15 is 0 Å². The molecule has 2 heterocycles. The summed E-state index contributed by atoms with van der Waals surface area (Å²) in [7, 11) is 2.72. The van der Waals surface area contributed by atoms with Gasteiger partial charge < -0.3 is 59.2 Å². The molecule has 15 heteroatoms. The van der Waals surface area contributed by atoms with Crippen LogP contribution in [0.4, 0.5) is 31.5 Å². The number of carbonyl (C=O) groups is 2. The van der Waals surface area contributed by atoms with Crippen LogP contribution in [0, 0.1) is 11.6 Å². The molecule has 0 spiro atoms. The van der Waals surface area contributed by atoms with Crippen LogP contribution < -0.4 is 40.1 Å². The van der Waals surface area contributed by atoms with Crippen LogP contribution in [0.15, 0.2) is 84.9 Å². The Morgan fingerprint density at radius 1 is 0.678 bits per heavy atom. The number of rotatable bonds is 18. The molecule has 4 aromatic carbocycles. The van der Waals surface area contributed by atoms with Crippen LogP contribution in [-0.2, 0) is 31.9 Å². The first-order valence-corrected chi connectivity index (χ1v) is 19.5. The number of aliphatic carboxylic acids is 2. The quantitative estimate of drug-likeness (QED) is 0.110. The van der Waals surface area contributed by atoms with Crippen LogP contribution >= 0.6 is 0 Å². The van der Waals surface area contributed by atoms with Crippen LogP contribution in [-0.4, -0.2) is 113 Å². The van der Waals surface area contributed by atoms with Crippen molar-refractivity contribution < 1.29 is 47.5 Å². The Morgan fingerprint density at radius 2 is 1.05 bits per heavy atom. The maximum atomic E-state index is 13.5. The zero-order chi connectivity index (χ0) is 41.6. The fraction of sp³-hybridized carbons (Fsp3) is 0.409. The minimum absolute atomic E-state index is 0. The summed E-state index contributed by atoms with van der Waals surface area (Å²) in [5, 5.41) is 28.6. The van der Waals surface area contributed by atoms with Crippen molar-refractivity contribution >= 4 is 57.7 Å². The van der Waals surface area contributed by atoms with Crippen LogP contribution in [0.1, 0.15) is 37.8 Å². The summed E-state index contributed by atoms with van der Waals surface area (Å²) >= 11 is 0. The minimum atomic E-state index is -1.21. The van der Waals surface area contributed by atoms with E-state index in [1.54, 1.807) is 12.1 Å². The Bertz CT molecular complexity index is 1800. The van der Waals surface area contributed by atoms with Crippen molar-refractivity contribution in [2.24, 2.45) is 0 Å². The zero-order valence-corrected chi connectivity index (χ0v) is 35.5. The number of halogens is 2. The normalized spacial score (nSPS) is 16.4. The molecule has 6 rings (SSSR count). The van der Waals surface area contributed by atoms with Gasteiger partial charge in [0.1, 0.15) is 47.5 Å². The molecule has 0 aromatic heterocycles. The van der Waals surface area contributed by atoms with Gasteiger partial charge in [-0.3, -0.25) is 0 Å². The molecular formula is C44H52F2MgN4O8. The number of carboxylic acids is 2. The first kappa shape index (κ1) is 46.9. The van der Waals surface area contributed by atoms with Gasteiger partial charge in [0.15, 0.2) is 0 Å². The fourth-order valence-corrected chi connectivity index (χ4v) is 6.91. The van der Waals surface area contributed by atoms with Crippen molar-refractivity contribution in [3.05, 3.63) is 108 Å².